The number of aryl methyl sites for hydroxylation is 2. The quantitative estimate of drug-likeness (QED) is 0.845. The Bertz CT molecular complexity index is 349. The topological polar surface area (TPSA) is 37.8 Å². The second kappa shape index (κ2) is 5.39. The van der Waals surface area contributed by atoms with E-state index in [1.807, 2.05) is 6.20 Å². The highest BCUT2D eigenvalue weighted by Gasteiger charge is 2.20. The predicted octanol–water partition coefficient (Wildman–Crippen LogP) is 2.42. The summed E-state index contributed by atoms with van der Waals surface area (Å²) in [6.45, 7) is 5.34. The van der Waals surface area contributed by atoms with E-state index in [0.29, 0.717) is 6.04 Å². The van der Waals surface area contributed by atoms with Crippen LogP contribution < -0.4 is 5.32 Å². The fraction of sp³-hybridized carbons (Fsp3) is 0.692. The molecule has 16 heavy (non-hydrogen) atoms. The Labute approximate surface area is 97.7 Å². The maximum atomic E-state index is 4.68. The smallest absolute Gasteiger partial charge is 0.128 e. The van der Waals surface area contributed by atoms with Gasteiger partial charge in [0, 0.05) is 29.9 Å². The van der Waals surface area contributed by atoms with Crippen LogP contribution in [0.5, 0.6) is 0 Å². The Kier molecular flexibility index (Phi) is 3.88. The summed E-state index contributed by atoms with van der Waals surface area (Å²) in [5.41, 5.74) is 2.60. The summed E-state index contributed by atoms with van der Waals surface area (Å²) in [5.74, 6) is 1.01. The van der Waals surface area contributed by atoms with Crippen LogP contribution in [0.1, 0.15) is 56.2 Å². The van der Waals surface area contributed by atoms with Gasteiger partial charge in [-0.3, -0.25) is 0 Å². The number of nitrogens with one attached hydrogen (secondary N) is 1. The van der Waals surface area contributed by atoms with Crippen molar-refractivity contribution in [2.75, 3.05) is 6.54 Å². The van der Waals surface area contributed by atoms with E-state index in [9.17, 15) is 0 Å². The third-order valence-electron chi connectivity index (χ3n) is 3.16. The van der Waals surface area contributed by atoms with E-state index in [1.165, 1.54) is 24.1 Å². The van der Waals surface area contributed by atoms with Crippen molar-refractivity contribution in [2.45, 2.75) is 52.0 Å². The second-order valence-electron chi connectivity index (χ2n) is 4.44. The van der Waals surface area contributed by atoms with Crippen molar-refractivity contribution in [1.29, 1.82) is 0 Å². The molecule has 0 amide bonds. The first-order chi connectivity index (χ1) is 7.85. The third kappa shape index (κ3) is 2.40. The van der Waals surface area contributed by atoms with E-state index in [2.05, 4.69) is 29.1 Å². The summed E-state index contributed by atoms with van der Waals surface area (Å²) in [4.78, 5) is 9.15. The van der Waals surface area contributed by atoms with Gasteiger partial charge in [-0.15, -0.1) is 0 Å². The van der Waals surface area contributed by atoms with Gasteiger partial charge in [-0.1, -0.05) is 13.8 Å². The van der Waals surface area contributed by atoms with Gasteiger partial charge in [-0.2, -0.15) is 0 Å². The van der Waals surface area contributed by atoms with E-state index in [-0.39, 0.29) is 0 Å². The zero-order valence-corrected chi connectivity index (χ0v) is 10.3. The van der Waals surface area contributed by atoms with Gasteiger partial charge in [0.05, 0.1) is 0 Å². The lowest BCUT2D eigenvalue weighted by atomic mass is 9.92. The average Bonchev–Trinajstić information content (AvgIpc) is 2.30. The van der Waals surface area contributed by atoms with Crippen molar-refractivity contribution in [2.24, 2.45) is 0 Å². The molecule has 1 atom stereocenters. The SMILES string of the molecule is CCCc1ncc2c(n1)CCCC2NCC. The van der Waals surface area contributed by atoms with Crippen molar-refractivity contribution in [3.05, 3.63) is 23.3 Å². The standard InChI is InChI=1S/C13H21N3/c1-3-6-13-15-9-10-11(14-4-2)7-5-8-12(10)16-13/h9,11,14H,3-8H2,1-2H3. The first kappa shape index (κ1) is 11.5. The summed E-state index contributed by atoms with van der Waals surface area (Å²) < 4.78 is 0. The Morgan fingerprint density at radius 1 is 1.44 bits per heavy atom. The third-order valence-corrected chi connectivity index (χ3v) is 3.16. The normalized spacial score (nSPS) is 19.5. The molecule has 0 radical (unpaired) electrons. The molecule has 3 heteroatoms. The molecular weight excluding hydrogens is 198 g/mol. The number of fused-ring (bicyclic) bond motifs is 1. The van der Waals surface area contributed by atoms with Crippen molar-refractivity contribution >= 4 is 0 Å². The minimum atomic E-state index is 0.476. The van der Waals surface area contributed by atoms with Gasteiger partial charge in [0.15, 0.2) is 0 Å². The summed E-state index contributed by atoms with van der Waals surface area (Å²) in [6, 6.07) is 0.476. The van der Waals surface area contributed by atoms with Crippen LogP contribution in [0.15, 0.2) is 6.20 Å². The molecular formula is C13H21N3. The Morgan fingerprint density at radius 3 is 3.06 bits per heavy atom. The van der Waals surface area contributed by atoms with Crippen LogP contribution in [0, 0.1) is 0 Å². The zero-order chi connectivity index (χ0) is 11.4. The molecule has 0 spiro atoms. The van der Waals surface area contributed by atoms with Gasteiger partial charge >= 0.3 is 0 Å². The van der Waals surface area contributed by atoms with E-state index in [4.69, 9.17) is 0 Å². The molecule has 0 aliphatic heterocycles. The molecule has 0 fully saturated rings. The van der Waals surface area contributed by atoms with Crippen molar-refractivity contribution in [3.8, 4) is 0 Å². The van der Waals surface area contributed by atoms with Crippen LogP contribution in [0.2, 0.25) is 0 Å². The van der Waals surface area contributed by atoms with Gasteiger partial charge < -0.3 is 5.32 Å². The van der Waals surface area contributed by atoms with Crippen molar-refractivity contribution in [1.82, 2.24) is 15.3 Å². The van der Waals surface area contributed by atoms with Crippen molar-refractivity contribution in [3.63, 3.8) is 0 Å². The average molecular weight is 219 g/mol. The molecule has 1 aromatic rings. The number of aromatic nitrogens is 2. The molecule has 1 aliphatic carbocycles. The highest BCUT2D eigenvalue weighted by molar-refractivity contribution is 5.24. The lowest BCUT2D eigenvalue weighted by Gasteiger charge is -2.25. The number of rotatable bonds is 4. The summed E-state index contributed by atoms with van der Waals surface area (Å²) >= 11 is 0. The fourth-order valence-corrected chi connectivity index (χ4v) is 2.39. The van der Waals surface area contributed by atoms with Gasteiger partial charge in [0.25, 0.3) is 0 Å². The van der Waals surface area contributed by atoms with Crippen LogP contribution in [0.25, 0.3) is 0 Å². The molecule has 3 nitrogen and oxygen atoms in total. The van der Waals surface area contributed by atoms with Gasteiger partial charge in [0.2, 0.25) is 0 Å². The number of nitrogens with zero attached hydrogens (tertiary/aromatic N) is 2. The number of hydrogen-bond donors (Lipinski definition) is 1. The van der Waals surface area contributed by atoms with Crippen LogP contribution in [-0.2, 0) is 12.8 Å². The summed E-state index contributed by atoms with van der Waals surface area (Å²) in [6.07, 6.45) is 7.75. The van der Waals surface area contributed by atoms with E-state index in [1.54, 1.807) is 0 Å². The minimum Gasteiger partial charge on any atom is -0.310 e. The van der Waals surface area contributed by atoms with Crippen molar-refractivity contribution < 1.29 is 0 Å². The molecule has 88 valence electrons. The van der Waals surface area contributed by atoms with Gasteiger partial charge in [0.1, 0.15) is 5.82 Å². The summed E-state index contributed by atoms with van der Waals surface area (Å²) in [7, 11) is 0. The van der Waals surface area contributed by atoms with E-state index < -0.39 is 0 Å². The zero-order valence-electron chi connectivity index (χ0n) is 10.3. The molecule has 0 bridgehead atoms. The molecule has 1 heterocycles. The maximum absolute atomic E-state index is 4.68. The minimum absolute atomic E-state index is 0.476. The number of hydrogen-bond acceptors (Lipinski definition) is 3. The molecule has 1 unspecified atom stereocenters. The Balaban J connectivity index is 2.22. The van der Waals surface area contributed by atoms with Crippen LogP contribution in [0.3, 0.4) is 0 Å². The Morgan fingerprint density at radius 2 is 2.31 bits per heavy atom. The Hall–Kier alpha value is -0.960. The molecule has 0 saturated heterocycles. The summed E-state index contributed by atoms with van der Waals surface area (Å²) in [5, 5.41) is 3.51. The van der Waals surface area contributed by atoms with Gasteiger partial charge in [-0.05, 0) is 32.2 Å². The first-order valence-corrected chi connectivity index (χ1v) is 6.43. The van der Waals surface area contributed by atoms with Crippen LogP contribution >= 0.6 is 0 Å². The molecule has 2 rings (SSSR count). The van der Waals surface area contributed by atoms with E-state index in [0.717, 1.165) is 31.6 Å². The highest BCUT2D eigenvalue weighted by atomic mass is 14.9. The van der Waals surface area contributed by atoms with Gasteiger partial charge in [-0.25, -0.2) is 9.97 Å². The maximum Gasteiger partial charge on any atom is 0.128 e. The monoisotopic (exact) mass is 219 g/mol. The second-order valence-corrected chi connectivity index (χ2v) is 4.44. The fourth-order valence-electron chi connectivity index (χ4n) is 2.39. The van der Waals surface area contributed by atoms with Crippen LogP contribution in [0.4, 0.5) is 0 Å². The first-order valence-electron chi connectivity index (χ1n) is 6.43. The lowest BCUT2D eigenvalue weighted by molar-refractivity contribution is 0.462. The molecule has 0 saturated carbocycles. The molecule has 1 aliphatic rings. The highest BCUT2D eigenvalue weighted by Crippen LogP contribution is 2.27. The molecule has 0 aromatic carbocycles. The largest absolute Gasteiger partial charge is 0.310 e. The van der Waals surface area contributed by atoms with E-state index >= 15 is 0 Å². The molecule has 1 aromatic heterocycles. The lowest BCUT2D eigenvalue weighted by Crippen LogP contribution is -2.26. The van der Waals surface area contributed by atoms with Crippen LogP contribution in [-0.4, -0.2) is 16.5 Å². The molecule has 1 N–H and O–H groups in total. The predicted molar refractivity (Wildman–Crippen MR) is 65.4 cm³/mol.